The van der Waals surface area contributed by atoms with E-state index in [0.717, 1.165) is 19.4 Å². The molecule has 1 aliphatic rings. The molecule has 0 aliphatic carbocycles. The molecular weight excluding hydrogens is 240 g/mol. The molecular formula is C11H16ClN4O+. The molecule has 0 saturated carbocycles. The summed E-state index contributed by atoms with van der Waals surface area (Å²) in [5.41, 5.74) is 0.973. The third-order valence-electron chi connectivity index (χ3n) is 2.76. The maximum Gasteiger partial charge on any atom is 0.240 e. The lowest BCUT2D eigenvalue weighted by molar-refractivity contribution is -0.663. The van der Waals surface area contributed by atoms with Gasteiger partial charge in [-0.3, -0.25) is 5.32 Å². The van der Waals surface area contributed by atoms with Crippen molar-refractivity contribution in [3.8, 4) is 0 Å². The van der Waals surface area contributed by atoms with Gasteiger partial charge in [0, 0.05) is 12.1 Å². The first-order chi connectivity index (χ1) is 8.18. The predicted molar refractivity (Wildman–Crippen MR) is 64.7 cm³/mol. The first-order valence-corrected chi connectivity index (χ1v) is 6.09. The molecule has 1 saturated heterocycles. The summed E-state index contributed by atoms with van der Waals surface area (Å²) in [4.78, 5) is 8.09. The third kappa shape index (κ3) is 3.00. The van der Waals surface area contributed by atoms with Gasteiger partial charge >= 0.3 is 0 Å². The summed E-state index contributed by atoms with van der Waals surface area (Å²) in [5.74, 6) is 0.699. The van der Waals surface area contributed by atoms with E-state index < -0.39 is 0 Å². The van der Waals surface area contributed by atoms with Crippen molar-refractivity contribution >= 4 is 23.1 Å². The van der Waals surface area contributed by atoms with Crippen LogP contribution in [0.25, 0.3) is 0 Å². The highest BCUT2D eigenvalue weighted by molar-refractivity contribution is 6.33. The first kappa shape index (κ1) is 12.4. The fourth-order valence-corrected chi connectivity index (χ4v) is 2.21. The minimum Gasteiger partial charge on any atom is -0.329 e. The Labute approximate surface area is 105 Å². The molecule has 1 aromatic rings. The standard InChI is InChI=1S/C11H15ClN4O/c1-7(13)9-10(12)14-6-15-11(9)16-8-4-2-3-5-17-8/h6,8,13H,2-5H2,1H3,(H,14,15,16)/p+1. The Bertz CT molecular complexity index is 418. The summed E-state index contributed by atoms with van der Waals surface area (Å²) in [6.07, 6.45) is 4.78. The van der Waals surface area contributed by atoms with Crippen molar-refractivity contribution < 1.29 is 10.1 Å². The molecule has 0 spiro atoms. The number of aromatic nitrogens is 2. The summed E-state index contributed by atoms with van der Waals surface area (Å²) >= 11 is 5.99. The van der Waals surface area contributed by atoms with Gasteiger partial charge in [-0.2, -0.15) is 4.98 Å². The van der Waals surface area contributed by atoms with E-state index in [1.807, 2.05) is 5.32 Å². The average molecular weight is 256 g/mol. The molecule has 17 heavy (non-hydrogen) atoms. The molecule has 2 heterocycles. The minimum absolute atomic E-state index is 0.0767. The van der Waals surface area contributed by atoms with Crippen LogP contribution in [-0.4, -0.2) is 28.5 Å². The number of rotatable bonds is 3. The molecule has 3 N–H and O–H groups in total. The maximum atomic E-state index is 7.71. The van der Waals surface area contributed by atoms with Gasteiger partial charge in [-0.05, 0) is 19.8 Å². The van der Waals surface area contributed by atoms with Crippen LogP contribution in [0.2, 0.25) is 5.15 Å². The molecule has 1 unspecified atom stereocenters. The van der Waals surface area contributed by atoms with E-state index in [1.54, 1.807) is 6.92 Å². The van der Waals surface area contributed by atoms with Gasteiger partial charge in [-0.25, -0.2) is 4.98 Å². The maximum absolute atomic E-state index is 7.71. The zero-order valence-electron chi connectivity index (χ0n) is 9.74. The van der Waals surface area contributed by atoms with Crippen molar-refractivity contribution in [3.05, 3.63) is 17.0 Å². The van der Waals surface area contributed by atoms with Crippen LogP contribution in [0.3, 0.4) is 0 Å². The van der Waals surface area contributed by atoms with Crippen LogP contribution in [-0.2, 0) is 4.74 Å². The zero-order valence-corrected chi connectivity index (χ0v) is 10.5. The minimum atomic E-state index is 0.0767. The molecule has 92 valence electrons. The second-order valence-corrected chi connectivity index (χ2v) is 4.48. The average Bonchev–Trinajstić information content (AvgIpc) is 2.30. The summed E-state index contributed by atoms with van der Waals surface area (Å²) < 4.78 is 5.63. The lowest BCUT2D eigenvalue weighted by atomic mass is 10.1. The molecule has 5 nitrogen and oxygen atoms in total. The quantitative estimate of drug-likeness (QED) is 0.630. The number of hydrogen-bond acceptors (Lipinski definition) is 4. The molecule has 2 rings (SSSR count). The fourth-order valence-electron chi connectivity index (χ4n) is 1.92. The van der Waals surface area contributed by atoms with Crippen LogP contribution in [0, 0.1) is 5.41 Å². The van der Waals surface area contributed by atoms with Crippen LogP contribution in [0.1, 0.15) is 31.7 Å². The molecule has 1 aromatic heterocycles. The van der Waals surface area contributed by atoms with Crippen LogP contribution >= 0.6 is 11.6 Å². The highest BCUT2D eigenvalue weighted by Crippen LogP contribution is 2.17. The van der Waals surface area contributed by atoms with E-state index in [0.29, 0.717) is 22.2 Å². The van der Waals surface area contributed by atoms with Crippen LogP contribution in [0.4, 0.5) is 5.82 Å². The van der Waals surface area contributed by atoms with Gasteiger partial charge < -0.3 is 10.1 Å². The van der Waals surface area contributed by atoms with Gasteiger partial charge in [-0.1, -0.05) is 11.6 Å². The fraction of sp³-hybridized carbons (Fsp3) is 0.545. The van der Waals surface area contributed by atoms with Gasteiger partial charge in [0.1, 0.15) is 17.0 Å². The van der Waals surface area contributed by atoms with Crippen molar-refractivity contribution in [1.82, 2.24) is 9.97 Å². The van der Waals surface area contributed by atoms with Crippen molar-refractivity contribution in [2.75, 3.05) is 6.61 Å². The van der Waals surface area contributed by atoms with Crippen LogP contribution in [0.15, 0.2) is 6.33 Å². The van der Waals surface area contributed by atoms with Crippen LogP contribution in [0.5, 0.6) is 0 Å². The number of halogens is 1. The second kappa shape index (κ2) is 5.53. The number of ether oxygens (including phenoxy) is 1. The Hall–Kier alpha value is -1.04. The number of nitrogens with two attached hydrogens (primary N) is 1. The summed E-state index contributed by atoms with van der Waals surface area (Å²) in [6.45, 7) is 2.47. The van der Waals surface area contributed by atoms with E-state index >= 15 is 0 Å². The highest BCUT2D eigenvalue weighted by atomic mass is 35.5. The Kier molecular flexibility index (Phi) is 4.04. The van der Waals surface area contributed by atoms with Gasteiger partial charge in [0.2, 0.25) is 5.82 Å². The zero-order chi connectivity index (χ0) is 12.3. The van der Waals surface area contributed by atoms with Crippen molar-refractivity contribution in [2.45, 2.75) is 32.4 Å². The molecule has 0 amide bonds. The van der Waals surface area contributed by atoms with E-state index in [4.69, 9.17) is 21.7 Å². The molecule has 0 bridgehead atoms. The largest absolute Gasteiger partial charge is 0.329 e. The predicted octanol–water partition coefficient (Wildman–Crippen LogP) is 1.24. The van der Waals surface area contributed by atoms with Crippen molar-refractivity contribution in [1.29, 1.82) is 5.41 Å². The van der Waals surface area contributed by atoms with Crippen molar-refractivity contribution in [3.63, 3.8) is 0 Å². The second-order valence-electron chi connectivity index (χ2n) is 4.12. The number of hydrogen-bond donors (Lipinski definition) is 2. The van der Waals surface area contributed by atoms with Crippen LogP contribution < -0.4 is 5.32 Å². The van der Waals surface area contributed by atoms with E-state index in [2.05, 4.69) is 9.97 Å². The highest BCUT2D eigenvalue weighted by Gasteiger charge is 2.22. The van der Waals surface area contributed by atoms with E-state index in [1.165, 1.54) is 12.7 Å². The molecule has 0 radical (unpaired) electrons. The summed E-state index contributed by atoms with van der Waals surface area (Å²) in [5, 5.41) is 9.98. The molecule has 1 aliphatic heterocycles. The normalized spacial score (nSPS) is 20.2. The van der Waals surface area contributed by atoms with Gasteiger partial charge in [0.15, 0.2) is 6.23 Å². The Balaban J connectivity index is 2.19. The summed E-state index contributed by atoms with van der Waals surface area (Å²) in [7, 11) is 0. The third-order valence-corrected chi connectivity index (χ3v) is 3.05. The van der Waals surface area contributed by atoms with Gasteiger partial charge in [0.05, 0.1) is 6.61 Å². The van der Waals surface area contributed by atoms with E-state index in [-0.39, 0.29) is 6.23 Å². The lowest BCUT2D eigenvalue weighted by Crippen LogP contribution is -2.86. The van der Waals surface area contributed by atoms with Crippen molar-refractivity contribution in [2.24, 2.45) is 0 Å². The molecule has 0 aromatic carbocycles. The SMILES string of the molecule is CC(=N)c1c(Cl)ncnc1[NH2+]C1CCCCO1. The molecule has 1 fully saturated rings. The summed E-state index contributed by atoms with van der Waals surface area (Å²) in [6, 6.07) is 0. The molecule has 6 heteroatoms. The molecule has 1 atom stereocenters. The Morgan fingerprint density at radius 1 is 1.53 bits per heavy atom. The monoisotopic (exact) mass is 255 g/mol. The number of nitrogens with one attached hydrogen (secondary N) is 1. The first-order valence-electron chi connectivity index (χ1n) is 5.71. The smallest absolute Gasteiger partial charge is 0.240 e. The topological polar surface area (TPSA) is 75.5 Å². The van der Waals surface area contributed by atoms with Gasteiger partial charge in [0.25, 0.3) is 0 Å². The number of nitrogens with zero attached hydrogens (tertiary/aromatic N) is 2. The lowest BCUT2D eigenvalue weighted by Gasteiger charge is -2.20. The Morgan fingerprint density at radius 3 is 3.00 bits per heavy atom. The number of quaternary nitrogens is 1. The van der Waals surface area contributed by atoms with Gasteiger partial charge in [-0.15, -0.1) is 0 Å². The van der Waals surface area contributed by atoms with E-state index in [9.17, 15) is 0 Å². The Morgan fingerprint density at radius 2 is 2.35 bits per heavy atom.